The van der Waals surface area contributed by atoms with Gasteiger partial charge in [-0.1, -0.05) is 45.7 Å². The van der Waals surface area contributed by atoms with E-state index in [4.69, 9.17) is 0 Å². The Morgan fingerprint density at radius 1 is 1.57 bits per heavy atom. The molecule has 0 aromatic rings. The minimum Gasteiger partial charge on any atom is -0.298 e. The first-order valence-corrected chi connectivity index (χ1v) is 7.31. The van der Waals surface area contributed by atoms with Crippen LogP contribution in [-0.4, -0.2) is 15.9 Å². The number of alkyl halides is 2. The molecule has 0 aliphatic heterocycles. The number of rotatable bonds is 2. The largest absolute Gasteiger partial charge is 0.298 e. The molecule has 1 nitrogen and oxygen atoms in total. The quantitative estimate of drug-likeness (QED) is 0.710. The molecule has 0 saturated heterocycles. The molecule has 2 aliphatic rings. The Morgan fingerprint density at radius 2 is 2.21 bits per heavy atom. The maximum absolute atomic E-state index is 12.2. The van der Waals surface area contributed by atoms with Crippen LogP contribution >= 0.6 is 31.9 Å². The number of hydrogen-bond acceptors (Lipinski definition) is 1. The summed E-state index contributed by atoms with van der Waals surface area (Å²) in [6.07, 6.45) is 3.39. The van der Waals surface area contributed by atoms with Crippen LogP contribution in [0.1, 0.15) is 33.1 Å². The van der Waals surface area contributed by atoms with Crippen molar-refractivity contribution in [1.29, 1.82) is 0 Å². The number of hydrogen-bond donors (Lipinski definition) is 0. The zero-order chi connectivity index (χ0) is 10.6. The van der Waals surface area contributed by atoms with E-state index in [0.717, 1.165) is 18.2 Å². The first-order chi connectivity index (χ1) is 6.53. The van der Waals surface area contributed by atoms with E-state index in [1.165, 1.54) is 6.42 Å². The Kier molecular flexibility index (Phi) is 2.63. The molecule has 14 heavy (non-hydrogen) atoms. The van der Waals surface area contributed by atoms with E-state index < -0.39 is 0 Å². The fourth-order valence-electron chi connectivity index (χ4n) is 3.65. The molecular weight excluding hydrogens is 308 g/mol. The van der Waals surface area contributed by atoms with E-state index in [1.54, 1.807) is 0 Å². The summed E-state index contributed by atoms with van der Waals surface area (Å²) in [5, 5.41) is 0.964. The van der Waals surface area contributed by atoms with E-state index in [0.29, 0.717) is 11.7 Å². The third-order valence-corrected chi connectivity index (χ3v) is 6.84. The lowest BCUT2D eigenvalue weighted by Gasteiger charge is -2.37. The van der Waals surface area contributed by atoms with Gasteiger partial charge in [-0.25, -0.2) is 0 Å². The summed E-state index contributed by atoms with van der Waals surface area (Å²) in [7, 11) is 0. The summed E-state index contributed by atoms with van der Waals surface area (Å²) < 4.78 is 0. The maximum Gasteiger partial charge on any atom is 0.153 e. The van der Waals surface area contributed by atoms with Gasteiger partial charge in [0.15, 0.2) is 5.78 Å². The van der Waals surface area contributed by atoms with Crippen LogP contribution in [0.5, 0.6) is 0 Å². The second-order valence-corrected chi connectivity index (χ2v) is 6.43. The van der Waals surface area contributed by atoms with Crippen molar-refractivity contribution in [2.75, 3.05) is 5.33 Å². The summed E-state index contributed by atoms with van der Waals surface area (Å²) in [5.74, 6) is 0.986. The average molecular weight is 324 g/mol. The van der Waals surface area contributed by atoms with Crippen molar-refractivity contribution in [2.24, 2.45) is 16.7 Å². The number of carbonyl (C=O) groups is 1. The molecule has 2 saturated carbocycles. The van der Waals surface area contributed by atoms with Gasteiger partial charge in [0.2, 0.25) is 0 Å². The molecule has 3 heteroatoms. The Hall–Kier alpha value is 0.630. The zero-order valence-corrected chi connectivity index (χ0v) is 11.8. The van der Waals surface area contributed by atoms with Crippen molar-refractivity contribution < 1.29 is 4.79 Å². The lowest BCUT2D eigenvalue weighted by atomic mass is 9.67. The third kappa shape index (κ3) is 0.986. The Labute approximate surface area is 102 Å². The van der Waals surface area contributed by atoms with Crippen LogP contribution in [0.25, 0.3) is 0 Å². The van der Waals surface area contributed by atoms with Gasteiger partial charge in [-0.3, -0.25) is 4.79 Å². The molecule has 0 amide bonds. The number of Topliss-reactive ketones (excluding diaryl/α,β-unsaturated/α-hetero) is 1. The molecular formula is C11H16Br2O. The lowest BCUT2D eigenvalue weighted by molar-refractivity contribution is -0.128. The van der Waals surface area contributed by atoms with E-state index in [-0.39, 0.29) is 15.7 Å². The summed E-state index contributed by atoms with van der Waals surface area (Å²) in [6, 6.07) is 0. The molecule has 0 aromatic carbocycles. The van der Waals surface area contributed by atoms with Gasteiger partial charge in [0.05, 0.1) is 4.83 Å². The first-order valence-electron chi connectivity index (χ1n) is 5.28. The van der Waals surface area contributed by atoms with E-state index >= 15 is 0 Å². The van der Waals surface area contributed by atoms with Crippen LogP contribution in [0.2, 0.25) is 0 Å². The van der Waals surface area contributed by atoms with Crippen LogP contribution in [0.4, 0.5) is 0 Å². The molecule has 0 spiro atoms. The Morgan fingerprint density at radius 3 is 2.50 bits per heavy atom. The Bertz CT molecular complexity index is 272. The van der Waals surface area contributed by atoms with Gasteiger partial charge in [-0.05, 0) is 30.6 Å². The summed E-state index contributed by atoms with van der Waals surface area (Å²) in [6.45, 7) is 4.39. The van der Waals surface area contributed by atoms with E-state index in [9.17, 15) is 4.79 Å². The molecule has 4 atom stereocenters. The summed E-state index contributed by atoms with van der Waals surface area (Å²) in [4.78, 5) is 12.3. The van der Waals surface area contributed by atoms with Gasteiger partial charge < -0.3 is 0 Å². The third-order valence-electron chi connectivity index (χ3n) is 4.78. The van der Waals surface area contributed by atoms with Crippen LogP contribution in [-0.2, 0) is 4.79 Å². The van der Waals surface area contributed by atoms with Crippen molar-refractivity contribution >= 4 is 37.6 Å². The lowest BCUT2D eigenvalue weighted by Crippen LogP contribution is -2.38. The molecule has 80 valence electrons. The van der Waals surface area contributed by atoms with E-state index in [1.807, 2.05) is 0 Å². The number of fused-ring (bicyclic) bond motifs is 2. The molecule has 2 aliphatic carbocycles. The van der Waals surface area contributed by atoms with E-state index in [2.05, 4.69) is 45.7 Å². The van der Waals surface area contributed by atoms with Crippen molar-refractivity contribution in [3.05, 3.63) is 0 Å². The monoisotopic (exact) mass is 322 g/mol. The molecule has 0 radical (unpaired) electrons. The van der Waals surface area contributed by atoms with Crippen molar-refractivity contribution in [3.63, 3.8) is 0 Å². The highest BCUT2D eigenvalue weighted by molar-refractivity contribution is 9.10. The van der Waals surface area contributed by atoms with Crippen LogP contribution in [0.3, 0.4) is 0 Å². The molecule has 0 unspecified atom stereocenters. The highest BCUT2D eigenvalue weighted by atomic mass is 79.9. The minimum atomic E-state index is -0.0793. The van der Waals surface area contributed by atoms with Crippen molar-refractivity contribution in [1.82, 2.24) is 0 Å². The number of carbonyl (C=O) groups excluding carboxylic acids is 1. The second-order valence-electron chi connectivity index (χ2n) is 4.89. The summed E-state index contributed by atoms with van der Waals surface area (Å²) in [5.41, 5.74) is 0.127. The van der Waals surface area contributed by atoms with Gasteiger partial charge in [0.25, 0.3) is 0 Å². The molecule has 0 aromatic heterocycles. The predicted molar refractivity (Wildman–Crippen MR) is 65.1 cm³/mol. The average Bonchev–Trinajstić information content (AvgIpc) is 2.56. The zero-order valence-electron chi connectivity index (χ0n) is 8.65. The molecule has 0 heterocycles. The Balaban J connectivity index is 2.50. The van der Waals surface area contributed by atoms with Gasteiger partial charge in [0.1, 0.15) is 0 Å². The van der Waals surface area contributed by atoms with Crippen LogP contribution < -0.4 is 0 Å². The predicted octanol–water partition coefficient (Wildman–Crippen LogP) is 3.54. The highest BCUT2D eigenvalue weighted by Gasteiger charge is 2.68. The summed E-state index contributed by atoms with van der Waals surface area (Å²) >= 11 is 7.21. The smallest absolute Gasteiger partial charge is 0.153 e. The fraction of sp³-hybridized carbons (Fsp3) is 0.909. The SMILES string of the molecule is CC[C@]1(CBr)[C@H]2CC[C@]1(C)C(=O)[C@@H]2Br. The van der Waals surface area contributed by atoms with Gasteiger partial charge in [0, 0.05) is 10.7 Å². The topological polar surface area (TPSA) is 17.1 Å². The van der Waals surface area contributed by atoms with Crippen LogP contribution in [0, 0.1) is 16.7 Å². The van der Waals surface area contributed by atoms with Gasteiger partial charge in [-0.2, -0.15) is 0 Å². The van der Waals surface area contributed by atoms with Crippen LogP contribution in [0.15, 0.2) is 0 Å². The molecule has 0 N–H and O–H groups in total. The normalized spacial score (nSPS) is 51.6. The molecule has 2 fully saturated rings. The number of ketones is 1. The van der Waals surface area contributed by atoms with Crippen molar-refractivity contribution in [2.45, 2.75) is 37.9 Å². The molecule has 2 bridgehead atoms. The minimum absolute atomic E-state index is 0.0793. The second kappa shape index (κ2) is 3.31. The first kappa shape index (κ1) is 11.1. The van der Waals surface area contributed by atoms with Crippen molar-refractivity contribution in [3.8, 4) is 0 Å². The highest BCUT2D eigenvalue weighted by Crippen LogP contribution is 2.67. The molecule has 2 rings (SSSR count). The van der Waals surface area contributed by atoms with Gasteiger partial charge >= 0.3 is 0 Å². The standard InChI is InChI=1S/C11H16Br2O/c1-3-11(6-12)7-4-5-10(11,2)9(14)8(7)13/h7-8H,3-6H2,1-2H3/t7-,8+,10+,11-/m0/s1. The maximum atomic E-state index is 12.2. The van der Waals surface area contributed by atoms with Gasteiger partial charge in [-0.15, -0.1) is 0 Å². The number of halogens is 2. The fourth-order valence-corrected chi connectivity index (χ4v) is 6.36.